The number of amides is 1. The van der Waals surface area contributed by atoms with Crippen LogP contribution in [0.5, 0.6) is 0 Å². The fraction of sp³-hybridized carbons (Fsp3) is 0.238. The van der Waals surface area contributed by atoms with Crippen molar-refractivity contribution >= 4 is 23.2 Å². The molecule has 0 saturated carbocycles. The summed E-state index contributed by atoms with van der Waals surface area (Å²) in [7, 11) is 0. The van der Waals surface area contributed by atoms with Gasteiger partial charge in [-0.25, -0.2) is 9.97 Å². The van der Waals surface area contributed by atoms with Gasteiger partial charge in [-0.3, -0.25) is 9.78 Å². The largest absolute Gasteiger partial charge is 0.378 e. The maximum Gasteiger partial charge on any atom is 0.254 e. The van der Waals surface area contributed by atoms with Crippen LogP contribution in [0.25, 0.3) is 0 Å². The summed E-state index contributed by atoms with van der Waals surface area (Å²) in [6, 6.07) is 11.8. The number of para-hydroxylation sites is 2. The van der Waals surface area contributed by atoms with E-state index in [9.17, 15) is 4.79 Å². The standard InChI is InChI=1S/C21H22N6O2/c28-20(23-13-16-4-3-7-22-12-16)17-14-24-21(25-15-17)26-18-5-1-2-6-19(18)27-8-10-29-11-9-27/h1-7,12,14-15H,8-11,13H2,(H,23,28)(H,24,25,26). The number of nitrogens with zero attached hydrogens (tertiary/aromatic N) is 4. The van der Waals surface area contributed by atoms with Gasteiger partial charge in [0.25, 0.3) is 5.91 Å². The normalized spacial score (nSPS) is 13.7. The quantitative estimate of drug-likeness (QED) is 0.668. The van der Waals surface area contributed by atoms with Gasteiger partial charge in [0.15, 0.2) is 0 Å². The Bertz CT molecular complexity index is 943. The molecule has 148 valence electrons. The highest BCUT2D eigenvalue weighted by Crippen LogP contribution is 2.28. The minimum absolute atomic E-state index is 0.228. The van der Waals surface area contributed by atoms with Gasteiger partial charge in [-0.2, -0.15) is 0 Å². The number of benzene rings is 1. The summed E-state index contributed by atoms with van der Waals surface area (Å²) in [4.78, 5) is 27.2. The molecule has 3 heterocycles. The van der Waals surface area contributed by atoms with E-state index in [1.165, 1.54) is 12.4 Å². The van der Waals surface area contributed by atoms with Crippen LogP contribution in [-0.4, -0.2) is 47.2 Å². The average Bonchev–Trinajstić information content (AvgIpc) is 2.80. The van der Waals surface area contributed by atoms with Crippen LogP contribution in [-0.2, 0) is 11.3 Å². The Hall–Kier alpha value is -3.52. The molecular formula is C21H22N6O2. The van der Waals surface area contributed by atoms with Gasteiger partial charge in [0, 0.05) is 44.4 Å². The van der Waals surface area contributed by atoms with Crippen LogP contribution < -0.4 is 15.5 Å². The van der Waals surface area contributed by atoms with Crippen molar-refractivity contribution in [3.05, 3.63) is 72.3 Å². The first-order valence-electron chi connectivity index (χ1n) is 9.47. The molecule has 2 aromatic heterocycles. The molecule has 0 unspecified atom stereocenters. The molecule has 29 heavy (non-hydrogen) atoms. The average molecular weight is 390 g/mol. The summed E-state index contributed by atoms with van der Waals surface area (Å²) in [6.07, 6.45) is 6.45. The number of carbonyl (C=O) groups is 1. The lowest BCUT2D eigenvalue weighted by atomic mass is 10.2. The number of aromatic nitrogens is 3. The number of anilines is 3. The molecule has 4 rings (SSSR count). The third-order valence-electron chi connectivity index (χ3n) is 4.59. The summed E-state index contributed by atoms with van der Waals surface area (Å²) in [5.41, 5.74) is 3.33. The zero-order valence-electron chi connectivity index (χ0n) is 15.9. The molecule has 1 fully saturated rings. The van der Waals surface area contributed by atoms with E-state index in [0.717, 1.165) is 30.0 Å². The number of hydrogen-bond acceptors (Lipinski definition) is 7. The number of nitrogens with one attached hydrogen (secondary N) is 2. The molecular weight excluding hydrogens is 368 g/mol. The van der Waals surface area contributed by atoms with E-state index in [-0.39, 0.29) is 5.91 Å². The third-order valence-corrected chi connectivity index (χ3v) is 4.59. The van der Waals surface area contributed by atoms with Crippen molar-refractivity contribution in [2.75, 3.05) is 36.5 Å². The second-order valence-corrected chi connectivity index (χ2v) is 6.58. The highest BCUT2D eigenvalue weighted by Gasteiger charge is 2.15. The molecule has 0 atom stereocenters. The van der Waals surface area contributed by atoms with Gasteiger partial charge in [0.1, 0.15) is 0 Å². The van der Waals surface area contributed by atoms with E-state index in [4.69, 9.17) is 4.74 Å². The third kappa shape index (κ3) is 4.85. The monoisotopic (exact) mass is 390 g/mol. The summed E-state index contributed by atoms with van der Waals surface area (Å²) in [5, 5.41) is 6.09. The first-order valence-corrected chi connectivity index (χ1v) is 9.47. The van der Waals surface area contributed by atoms with E-state index in [1.54, 1.807) is 12.4 Å². The van der Waals surface area contributed by atoms with Crippen molar-refractivity contribution in [1.82, 2.24) is 20.3 Å². The van der Waals surface area contributed by atoms with Gasteiger partial charge in [-0.1, -0.05) is 18.2 Å². The van der Waals surface area contributed by atoms with Gasteiger partial charge < -0.3 is 20.3 Å². The van der Waals surface area contributed by atoms with E-state index < -0.39 is 0 Å². The molecule has 1 amide bonds. The fourth-order valence-corrected chi connectivity index (χ4v) is 3.08. The molecule has 1 aliphatic heterocycles. The lowest BCUT2D eigenvalue weighted by Gasteiger charge is -2.30. The number of carbonyl (C=O) groups excluding carboxylic acids is 1. The summed E-state index contributed by atoms with van der Waals surface area (Å²) < 4.78 is 5.43. The lowest BCUT2D eigenvalue weighted by molar-refractivity contribution is 0.0950. The molecule has 0 spiro atoms. The predicted octanol–water partition coefficient (Wildman–Crippen LogP) is 2.38. The lowest BCUT2D eigenvalue weighted by Crippen LogP contribution is -2.36. The SMILES string of the molecule is O=C(NCc1cccnc1)c1cnc(Nc2ccccc2N2CCOCC2)nc1. The Labute approximate surface area is 169 Å². The highest BCUT2D eigenvalue weighted by atomic mass is 16.5. The zero-order chi connectivity index (χ0) is 19.9. The summed E-state index contributed by atoms with van der Waals surface area (Å²) in [6.45, 7) is 3.52. The van der Waals surface area contributed by atoms with Crippen molar-refractivity contribution in [3.63, 3.8) is 0 Å². The molecule has 1 saturated heterocycles. The van der Waals surface area contributed by atoms with Crippen molar-refractivity contribution < 1.29 is 9.53 Å². The van der Waals surface area contributed by atoms with E-state index >= 15 is 0 Å². The van der Waals surface area contributed by atoms with E-state index in [2.05, 4.69) is 36.6 Å². The minimum atomic E-state index is -0.228. The minimum Gasteiger partial charge on any atom is -0.378 e. The molecule has 2 N–H and O–H groups in total. The van der Waals surface area contributed by atoms with Crippen LogP contribution in [0.15, 0.2) is 61.2 Å². The van der Waals surface area contributed by atoms with Crippen LogP contribution >= 0.6 is 0 Å². The molecule has 8 heteroatoms. The predicted molar refractivity (Wildman–Crippen MR) is 110 cm³/mol. The molecule has 1 aliphatic rings. The fourth-order valence-electron chi connectivity index (χ4n) is 3.08. The van der Waals surface area contributed by atoms with Crippen LogP contribution in [0.3, 0.4) is 0 Å². The van der Waals surface area contributed by atoms with Crippen molar-refractivity contribution in [3.8, 4) is 0 Å². The van der Waals surface area contributed by atoms with E-state index in [1.807, 2.05) is 30.3 Å². The van der Waals surface area contributed by atoms with Crippen LogP contribution in [0, 0.1) is 0 Å². The zero-order valence-corrected chi connectivity index (χ0v) is 15.9. The highest BCUT2D eigenvalue weighted by molar-refractivity contribution is 5.93. The topological polar surface area (TPSA) is 92.3 Å². The first kappa shape index (κ1) is 18.8. The maximum absolute atomic E-state index is 12.3. The summed E-state index contributed by atoms with van der Waals surface area (Å²) in [5.74, 6) is 0.212. The smallest absolute Gasteiger partial charge is 0.254 e. The van der Waals surface area contributed by atoms with Crippen LogP contribution in [0.2, 0.25) is 0 Å². The number of ether oxygens (including phenoxy) is 1. The Morgan fingerprint density at radius 3 is 2.59 bits per heavy atom. The molecule has 0 bridgehead atoms. The Balaban J connectivity index is 1.40. The number of rotatable bonds is 6. The van der Waals surface area contributed by atoms with Gasteiger partial charge in [-0.05, 0) is 23.8 Å². The van der Waals surface area contributed by atoms with Crippen molar-refractivity contribution in [1.29, 1.82) is 0 Å². The van der Waals surface area contributed by atoms with Gasteiger partial charge >= 0.3 is 0 Å². The van der Waals surface area contributed by atoms with Gasteiger partial charge in [-0.15, -0.1) is 0 Å². The van der Waals surface area contributed by atoms with Crippen molar-refractivity contribution in [2.45, 2.75) is 6.54 Å². The number of pyridine rings is 1. The van der Waals surface area contributed by atoms with E-state index in [0.29, 0.717) is 31.3 Å². The molecule has 3 aromatic rings. The maximum atomic E-state index is 12.3. The van der Waals surface area contributed by atoms with Crippen LogP contribution in [0.4, 0.5) is 17.3 Å². The molecule has 8 nitrogen and oxygen atoms in total. The van der Waals surface area contributed by atoms with Crippen molar-refractivity contribution in [2.24, 2.45) is 0 Å². The Morgan fingerprint density at radius 1 is 1.03 bits per heavy atom. The Morgan fingerprint density at radius 2 is 1.83 bits per heavy atom. The molecule has 0 aliphatic carbocycles. The second-order valence-electron chi connectivity index (χ2n) is 6.58. The number of morpholine rings is 1. The van der Waals surface area contributed by atoms with Gasteiger partial charge in [0.2, 0.25) is 5.95 Å². The number of hydrogen-bond donors (Lipinski definition) is 2. The molecule has 1 aromatic carbocycles. The first-order chi connectivity index (χ1) is 14.3. The molecule has 0 radical (unpaired) electrons. The van der Waals surface area contributed by atoms with Crippen LogP contribution in [0.1, 0.15) is 15.9 Å². The second kappa shape index (κ2) is 9.11. The summed E-state index contributed by atoms with van der Waals surface area (Å²) >= 11 is 0. The van der Waals surface area contributed by atoms with Gasteiger partial charge in [0.05, 0.1) is 30.2 Å². The Kier molecular flexibility index (Phi) is 5.92.